The van der Waals surface area contributed by atoms with E-state index in [1.165, 1.54) is 20.3 Å². The molecule has 1 aliphatic rings. The Kier molecular flexibility index (Phi) is 2.66. The first-order chi connectivity index (χ1) is 8.01. The van der Waals surface area contributed by atoms with Gasteiger partial charge in [-0.2, -0.15) is 0 Å². The number of hydrogen-bond acceptors (Lipinski definition) is 5. The molecular formula is C11H14N2O4. The summed E-state index contributed by atoms with van der Waals surface area (Å²) in [6.07, 6.45) is 1.51. The van der Waals surface area contributed by atoms with Gasteiger partial charge in [0.2, 0.25) is 0 Å². The minimum Gasteiger partial charge on any atom is -0.493 e. The zero-order chi connectivity index (χ0) is 12.6. The molecule has 0 heterocycles. The summed E-state index contributed by atoms with van der Waals surface area (Å²) in [5.41, 5.74) is 5.94. The van der Waals surface area contributed by atoms with E-state index >= 15 is 0 Å². The molecule has 0 saturated heterocycles. The molecule has 6 nitrogen and oxygen atoms in total. The van der Waals surface area contributed by atoms with Gasteiger partial charge in [0.05, 0.1) is 30.8 Å². The Labute approximate surface area is 98.5 Å². The van der Waals surface area contributed by atoms with E-state index in [-0.39, 0.29) is 5.69 Å². The summed E-state index contributed by atoms with van der Waals surface area (Å²) in [5.74, 6) is 0.803. The molecule has 0 bridgehead atoms. The van der Waals surface area contributed by atoms with Crippen LogP contribution in [-0.2, 0) is 5.54 Å². The lowest BCUT2D eigenvalue weighted by molar-refractivity contribution is -0.385. The lowest BCUT2D eigenvalue weighted by Gasteiger charge is -2.14. The third-order valence-electron chi connectivity index (χ3n) is 3.02. The third kappa shape index (κ3) is 1.91. The fourth-order valence-corrected chi connectivity index (χ4v) is 1.82. The Morgan fingerprint density at radius 2 is 1.82 bits per heavy atom. The average molecular weight is 238 g/mol. The van der Waals surface area contributed by atoms with Gasteiger partial charge in [0.25, 0.3) is 5.69 Å². The van der Waals surface area contributed by atoms with Crippen molar-refractivity contribution in [3.63, 3.8) is 0 Å². The highest BCUT2D eigenvalue weighted by Gasteiger charge is 2.45. The predicted octanol–water partition coefficient (Wildman–Crippen LogP) is 1.56. The summed E-state index contributed by atoms with van der Waals surface area (Å²) in [6.45, 7) is 0. The maximum absolute atomic E-state index is 11.0. The van der Waals surface area contributed by atoms with Crippen LogP contribution in [0.5, 0.6) is 11.5 Å². The summed E-state index contributed by atoms with van der Waals surface area (Å²) >= 11 is 0. The first kappa shape index (κ1) is 11.7. The normalized spacial score (nSPS) is 16.4. The zero-order valence-electron chi connectivity index (χ0n) is 9.73. The summed E-state index contributed by atoms with van der Waals surface area (Å²) < 4.78 is 10.2. The fraction of sp³-hybridized carbons (Fsp3) is 0.455. The van der Waals surface area contributed by atoms with Crippen LogP contribution < -0.4 is 15.2 Å². The number of hydrogen-bond donors (Lipinski definition) is 1. The van der Waals surface area contributed by atoms with Crippen LogP contribution in [0.1, 0.15) is 18.4 Å². The number of rotatable bonds is 4. The number of ether oxygens (including phenoxy) is 2. The number of nitro benzene ring substituents is 1. The van der Waals surface area contributed by atoms with Crippen LogP contribution >= 0.6 is 0 Å². The summed E-state index contributed by atoms with van der Waals surface area (Å²) in [5, 5.41) is 11.0. The van der Waals surface area contributed by atoms with Crippen molar-refractivity contribution in [3.8, 4) is 11.5 Å². The summed E-state index contributed by atoms with van der Waals surface area (Å²) in [7, 11) is 2.93. The molecule has 0 aliphatic heterocycles. The topological polar surface area (TPSA) is 87.6 Å². The molecule has 0 atom stereocenters. The highest BCUT2D eigenvalue weighted by atomic mass is 16.6. The lowest BCUT2D eigenvalue weighted by atomic mass is 10.0. The van der Waals surface area contributed by atoms with Gasteiger partial charge in [-0.25, -0.2) is 0 Å². The van der Waals surface area contributed by atoms with E-state index in [4.69, 9.17) is 15.2 Å². The van der Waals surface area contributed by atoms with Gasteiger partial charge >= 0.3 is 0 Å². The average Bonchev–Trinajstić information content (AvgIpc) is 3.06. The van der Waals surface area contributed by atoms with E-state index in [1.807, 2.05) is 0 Å². The van der Waals surface area contributed by atoms with E-state index in [0.29, 0.717) is 17.1 Å². The smallest absolute Gasteiger partial charge is 0.278 e. The minimum absolute atomic E-state index is 0.0114. The standard InChI is InChI=1S/C11H14N2O4/c1-16-9-5-7(11(12)3-4-11)8(13(14)15)6-10(9)17-2/h5-6H,3-4,12H2,1-2H3. The molecule has 1 aromatic rings. The maximum atomic E-state index is 11.0. The van der Waals surface area contributed by atoms with Crippen LogP contribution in [0.4, 0.5) is 5.69 Å². The largest absolute Gasteiger partial charge is 0.493 e. The van der Waals surface area contributed by atoms with Crippen molar-refractivity contribution in [2.45, 2.75) is 18.4 Å². The quantitative estimate of drug-likeness (QED) is 0.635. The molecule has 0 aromatic heterocycles. The number of nitrogens with zero attached hydrogens (tertiary/aromatic N) is 1. The third-order valence-corrected chi connectivity index (χ3v) is 3.02. The highest BCUT2D eigenvalue weighted by molar-refractivity contribution is 5.57. The Bertz CT molecular complexity index is 469. The van der Waals surface area contributed by atoms with Crippen LogP contribution in [0.25, 0.3) is 0 Å². The van der Waals surface area contributed by atoms with Gasteiger partial charge in [0.1, 0.15) is 0 Å². The van der Waals surface area contributed by atoms with E-state index in [1.54, 1.807) is 6.07 Å². The van der Waals surface area contributed by atoms with Crippen molar-refractivity contribution in [2.75, 3.05) is 14.2 Å². The molecular weight excluding hydrogens is 224 g/mol. The van der Waals surface area contributed by atoms with Crippen molar-refractivity contribution < 1.29 is 14.4 Å². The molecule has 6 heteroatoms. The zero-order valence-corrected chi connectivity index (χ0v) is 9.73. The Morgan fingerprint density at radius 1 is 1.29 bits per heavy atom. The first-order valence-corrected chi connectivity index (χ1v) is 5.21. The van der Waals surface area contributed by atoms with E-state index in [9.17, 15) is 10.1 Å². The van der Waals surface area contributed by atoms with Gasteiger partial charge < -0.3 is 15.2 Å². The Hall–Kier alpha value is -1.82. The van der Waals surface area contributed by atoms with Crippen LogP contribution in [0, 0.1) is 10.1 Å². The van der Waals surface area contributed by atoms with Gasteiger partial charge in [0, 0.05) is 5.54 Å². The Morgan fingerprint density at radius 3 is 2.24 bits per heavy atom. The van der Waals surface area contributed by atoms with E-state index < -0.39 is 10.5 Å². The molecule has 0 radical (unpaired) electrons. The second kappa shape index (κ2) is 3.89. The van der Waals surface area contributed by atoms with Gasteiger partial charge in [-0.15, -0.1) is 0 Å². The van der Waals surface area contributed by atoms with Crippen molar-refractivity contribution in [1.29, 1.82) is 0 Å². The van der Waals surface area contributed by atoms with Crippen molar-refractivity contribution in [2.24, 2.45) is 5.73 Å². The number of nitrogens with two attached hydrogens (primary N) is 1. The van der Waals surface area contributed by atoms with Gasteiger partial charge in [-0.3, -0.25) is 10.1 Å². The Balaban J connectivity index is 2.59. The van der Waals surface area contributed by atoms with Crippen molar-refractivity contribution in [3.05, 3.63) is 27.8 Å². The van der Waals surface area contributed by atoms with Crippen molar-refractivity contribution >= 4 is 5.69 Å². The minimum atomic E-state index is -0.581. The summed E-state index contributed by atoms with van der Waals surface area (Å²) in [4.78, 5) is 10.6. The predicted molar refractivity (Wildman–Crippen MR) is 61.3 cm³/mol. The van der Waals surface area contributed by atoms with Crippen LogP contribution in [0.3, 0.4) is 0 Å². The molecule has 0 amide bonds. The monoisotopic (exact) mass is 238 g/mol. The first-order valence-electron chi connectivity index (χ1n) is 5.21. The summed E-state index contributed by atoms with van der Waals surface area (Å²) in [6, 6.07) is 2.96. The molecule has 0 unspecified atom stereocenters. The molecule has 92 valence electrons. The second-order valence-electron chi connectivity index (χ2n) is 4.14. The molecule has 0 spiro atoms. The van der Waals surface area contributed by atoms with E-state index in [0.717, 1.165) is 12.8 Å². The molecule has 17 heavy (non-hydrogen) atoms. The number of benzene rings is 1. The number of nitro groups is 1. The van der Waals surface area contributed by atoms with Crippen LogP contribution in [-0.4, -0.2) is 19.1 Å². The van der Waals surface area contributed by atoms with Crippen LogP contribution in [0.15, 0.2) is 12.1 Å². The van der Waals surface area contributed by atoms with Gasteiger partial charge in [-0.1, -0.05) is 0 Å². The van der Waals surface area contributed by atoms with Crippen LogP contribution in [0.2, 0.25) is 0 Å². The molecule has 2 N–H and O–H groups in total. The molecule has 1 saturated carbocycles. The molecule has 1 aliphatic carbocycles. The maximum Gasteiger partial charge on any atom is 0.278 e. The SMILES string of the molecule is COc1cc([N+](=O)[O-])c(C2(N)CC2)cc1OC. The molecule has 1 fully saturated rings. The molecule has 1 aromatic carbocycles. The molecule has 2 rings (SSSR count). The number of methoxy groups -OCH3 is 2. The van der Waals surface area contributed by atoms with Gasteiger partial charge in [-0.05, 0) is 18.9 Å². The highest BCUT2D eigenvalue weighted by Crippen LogP contribution is 2.49. The van der Waals surface area contributed by atoms with Gasteiger partial charge in [0.15, 0.2) is 11.5 Å². The van der Waals surface area contributed by atoms with Crippen molar-refractivity contribution in [1.82, 2.24) is 0 Å². The second-order valence-corrected chi connectivity index (χ2v) is 4.14. The lowest BCUT2D eigenvalue weighted by Crippen LogP contribution is -2.20. The fourth-order valence-electron chi connectivity index (χ4n) is 1.82. The van der Waals surface area contributed by atoms with E-state index in [2.05, 4.69) is 0 Å².